The number of anilines is 1. The number of aromatic nitrogens is 5. The van der Waals surface area contributed by atoms with Gasteiger partial charge in [0.1, 0.15) is 5.52 Å². The van der Waals surface area contributed by atoms with Crippen molar-refractivity contribution in [1.82, 2.24) is 24.1 Å². The zero-order valence-electron chi connectivity index (χ0n) is 24.5. The van der Waals surface area contributed by atoms with E-state index in [1.54, 1.807) is 9.58 Å². The predicted octanol–water partition coefficient (Wildman–Crippen LogP) is 6.08. The molecule has 2 N–H and O–H groups in total. The van der Waals surface area contributed by atoms with E-state index < -0.39 is 25.3 Å². The number of fused-ring (bicyclic) bond motifs is 2. The highest BCUT2D eigenvalue weighted by Crippen LogP contribution is 2.48. The van der Waals surface area contributed by atoms with Crippen LogP contribution in [0.5, 0.6) is 5.75 Å². The normalized spacial score (nSPS) is 13.8. The lowest BCUT2D eigenvalue weighted by Gasteiger charge is -2.27. The molecule has 0 amide bonds. The fourth-order valence-corrected chi connectivity index (χ4v) is 6.66. The van der Waals surface area contributed by atoms with E-state index in [1.807, 2.05) is 32.0 Å². The van der Waals surface area contributed by atoms with E-state index in [0.717, 1.165) is 29.2 Å². The van der Waals surface area contributed by atoms with Crippen LogP contribution in [0, 0.1) is 5.82 Å². The number of nitrogens with zero attached hydrogens (tertiary/aromatic N) is 6. The monoisotopic (exact) mass is 644 g/mol. The molecule has 4 heterocycles. The quantitative estimate of drug-likeness (QED) is 0.162. The van der Waals surface area contributed by atoms with Gasteiger partial charge in [-0.25, -0.2) is 23.6 Å². The van der Waals surface area contributed by atoms with Crippen LogP contribution in [-0.4, -0.2) is 47.5 Å². The van der Waals surface area contributed by atoms with Gasteiger partial charge in [0.15, 0.2) is 11.6 Å². The van der Waals surface area contributed by atoms with Crippen molar-refractivity contribution in [3.63, 3.8) is 0 Å². The molecule has 5 aromatic rings. The average Bonchev–Trinajstić information content (AvgIpc) is 3.62. The number of rotatable bonds is 7. The topological polar surface area (TPSA) is 119 Å². The molecule has 1 aliphatic heterocycles. The number of methoxy groups -OCH3 is 1. The maximum absolute atomic E-state index is 15.8. The zero-order valence-corrected chi connectivity index (χ0v) is 25.4. The minimum absolute atomic E-state index is 0.0919. The minimum Gasteiger partial charge on any atom is -0.492 e. The van der Waals surface area contributed by atoms with Crippen molar-refractivity contribution in [3.05, 3.63) is 82.7 Å². The first-order valence-corrected chi connectivity index (χ1v) is 15.7. The van der Waals surface area contributed by atoms with Gasteiger partial charge in [-0.3, -0.25) is 4.34 Å². The number of hydrogen-bond donors (Lipinski definition) is 2. The molecule has 0 spiro atoms. The summed E-state index contributed by atoms with van der Waals surface area (Å²) >= 11 is 0. The predicted molar refractivity (Wildman–Crippen MR) is 159 cm³/mol. The highest BCUT2D eigenvalue weighted by atomic mass is 31.2. The van der Waals surface area contributed by atoms with Crippen LogP contribution in [0.2, 0.25) is 0 Å². The summed E-state index contributed by atoms with van der Waals surface area (Å²) in [4.78, 5) is 29.9. The molecule has 0 saturated heterocycles. The maximum Gasteiger partial charge on any atom is 0.434 e. The Morgan fingerprint density at radius 2 is 1.73 bits per heavy atom. The van der Waals surface area contributed by atoms with Crippen LogP contribution in [0.4, 0.5) is 23.5 Å². The second-order valence-corrected chi connectivity index (χ2v) is 12.1. The molecular weight excluding hydrogens is 615 g/mol. The average molecular weight is 645 g/mol. The number of para-hydroxylation sites is 1. The fourth-order valence-electron chi connectivity index (χ4n) is 5.96. The molecule has 1 aliphatic rings. The van der Waals surface area contributed by atoms with Gasteiger partial charge in [0.25, 0.3) is 0 Å². The van der Waals surface area contributed by atoms with E-state index in [-0.39, 0.29) is 23.8 Å². The van der Waals surface area contributed by atoms with Crippen molar-refractivity contribution >= 4 is 24.6 Å². The van der Waals surface area contributed by atoms with Gasteiger partial charge in [0.2, 0.25) is 5.95 Å². The highest BCUT2D eigenvalue weighted by molar-refractivity contribution is 7.50. The third-order valence-corrected chi connectivity index (χ3v) is 8.95. The van der Waals surface area contributed by atoms with E-state index in [9.17, 15) is 27.5 Å². The molecule has 6 rings (SSSR count). The summed E-state index contributed by atoms with van der Waals surface area (Å²) in [6, 6.07) is 8.67. The number of ether oxygens (including phenoxy) is 1. The van der Waals surface area contributed by atoms with Crippen LogP contribution in [0.15, 0.2) is 48.9 Å². The summed E-state index contributed by atoms with van der Waals surface area (Å²) < 4.78 is 75.5. The summed E-state index contributed by atoms with van der Waals surface area (Å²) in [6.45, 7) is 4.53. The van der Waals surface area contributed by atoms with E-state index in [2.05, 4.69) is 9.97 Å². The molecule has 15 heteroatoms. The summed E-state index contributed by atoms with van der Waals surface area (Å²) in [5, 5.41) is 5.33. The van der Waals surface area contributed by atoms with Gasteiger partial charge in [-0.2, -0.15) is 18.3 Å². The van der Waals surface area contributed by atoms with Crippen LogP contribution in [-0.2, 0) is 36.5 Å². The largest absolute Gasteiger partial charge is 0.492 e. The van der Waals surface area contributed by atoms with Crippen LogP contribution in [0.25, 0.3) is 27.8 Å². The van der Waals surface area contributed by atoms with Crippen molar-refractivity contribution in [3.8, 4) is 22.7 Å². The lowest BCUT2D eigenvalue weighted by molar-refractivity contribution is -0.138. The van der Waals surface area contributed by atoms with Crippen molar-refractivity contribution in [2.75, 3.05) is 18.6 Å². The number of alkyl halides is 3. The molecular formula is C30H29F4N6O4P. The lowest BCUT2D eigenvalue weighted by Crippen LogP contribution is -2.31. The van der Waals surface area contributed by atoms with E-state index in [0.29, 0.717) is 58.0 Å². The second-order valence-electron chi connectivity index (χ2n) is 10.6. The minimum atomic E-state index is -4.91. The van der Waals surface area contributed by atoms with Gasteiger partial charge in [-0.05, 0) is 36.1 Å². The van der Waals surface area contributed by atoms with E-state index >= 15 is 4.39 Å². The second kappa shape index (κ2) is 11.3. The first kappa shape index (κ1) is 30.8. The Kier molecular flexibility index (Phi) is 7.70. The SMILES string of the molecule is CCc1cccc(CC)c1-n1nc2c(c1-c1cc(F)c(OC)c3c1ccn3P(=O)(O)O)CN(c1ncc(C(F)(F)F)cn1)CC2. The summed E-state index contributed by atoms with van der Waals surface area (Å²) in [7, 11) is -3.70. The van der Waals surface area contributed by atoms with Crippen LogP contribution < -0.4 is 9.64 Å². The van der Waals surface area contributed by atoms with Crippen LogP contribution in [0.1, 0.15) is 41.8 Å². The Morgan fingerprint density at radius 1 is 1.07 bits per heavy atom. The molecule has 2 aromatic carbocycles. The first-order valence-electron chi connectivity index (χ1n) is 14.2. The van der Waals surface area contributed by atoms with Crippen molar-refractivity contribution in [2.24, 2.45) is 0 Å². The molecule has 45 heavy (non-hydrogen) atoms. The highest BCUT2D eigenvalue weighted by Gasteiger charge is 2.34. The molecule has 0 saturated carbocycles. The number of halogens is 4. The summed E-state index contributed by atoms with van der Waals surface area (Å²) in [5.74, 6) is -1.08. The molecule has 0 aliphatic carbocycles. The van der Waals surface area contributed by atoms with Gasteiger partial charge in [-0.1, -0.05) is 32.0 Å². The third-order valence-electron chi connectivity index (χ3n) is 8.06. The Labute approximate surface area is 255 Å². The Bertz CT molecular complexity index is 1940. The number of benzene rings is 2. The standard InChI is InChI=1S/C30H29F4N6O4P/c1-4-17-7-6-8-18(5-2)25(17)40-26(21-13-23(31)28(44-3)27-20(21)9-12-39(27)45(41,42)43)22-16-38(11-10-24(22)37-40)29-35-14-19(15-36-29)30(32,33)34/h6-9,12-15H,4-5,10-11,16H2,1-3H3,(H2,41,42,43). The van der Waals surface area contributed by atoms with Gasteiger partial charge in [0.05, 0.1) is 29.7 Å². The maximum atomic E-state index is 15.8. The first-order chi connectivity index (χ1) is 21.4. The molecule has 0 atom stereocenters. The smallest absolute Gasteiger partial charge is 0.434 e. The van der Waals surface area contributed by atoms with E-state index in [1.165, 1.54) is 25.4 Å². The van der Waals surface area contributed by atoms with Crippen LogP contribution in [0.3, 0.4) is 0 Å². The zero-order chi connectivity index (χ0) is 32.3. The fraction of sp³-hybridized carbons (Fsp3) is 0.300. The number of aryl methyl sites for hydroxylation is 2. The van der Waals surface area contributed by atoms with Gasteiger partial charge in [-0.15, -0.1) is 0 Å². The summed E-state index contributed by atoms with van der Waals surface area (Å²) in [5.41, 5.74) is 3.83. The molecule has 0 bridgehead atoms. The van der Waals surface area contributed by atoms with E-state index in [4.69, 9.17) is 9.84 Å². The molecule has 3 aromatic heterocycles. The molecule has 0 unspecified atom stereocenters. The van der Waals surface area contributed by atoms with Gasteiger partial charge >= 0.3 is 13.9 Å². The molecule has 236 valence electrons. The Balaban J connectivity index is 1.63. The van der Waals surface area contributed by atoms with Crippen LogP contribution >= 0.6 is 7.75 Å². The van der Waals surface area contributed by atoms with Crippen molar-refractivity contribution in [2.45, 2.75) is 45.8 Å². The van der Waals surface area contributed by atoms with Gasteiger partial charge < -0.3 is 19.4 Å². The van der Waals surface area contributed by atoms with Crippen molar-refractivity contribution in [1.29, 1.82) is 0 Å². The lowest BCUT2D eigenvalue weighted by atomic mass is 9.97. The Hall–Kier alpha value is -4.26. The summed E-state index contributed by atoms with van der Waals surface area (Å²) in [6.07, 6.45) is -0.205. The third kappa shape index (κ3) is 5.26. The molecule has 0 fully saturated rings. The Morgan fingerprint density at radius 3 is 2.31 bits per heavy atom. The van der Waals surface area contributed by atoms with Crippen molar-refractivity contribution < 1.29 is 36.7 Å². The molecule has 0 radical (unpaired) electrons. The number of hydrogen-bond acceptors (Lipinski definition) is 6. The molecule has 10 nitrogen and oxygen atoms in total. The van der Waals surface area contributed by atoms with Gasteiger partial charge in [0, 0.05) is 54.6 Å².